The van der Waals surface area contributed by atoms with Crippen LogP contribution in [0.4, 0.5) is 0 Å². The van der Waals surface area contributed by atoms with Gasteiger partial charge in [-0.3, -0.25) is 14.2 Å². The van der Waals surface area contributed by atoms with Gasteiger partial charge < -0.3 is 23.7 Å². The van der Waals surface area contributed by atoms with E-state index >= 15 is 0 Å². The van der Waals surface area contributed by atoms with Gasteiger partial charge in [-0.15, -0.1) is 0 Å². The number of allylic oxidation sites excluding steroid dienone is 1. The Kier molecular flexibility index (Phi) is 8.20. The number of aromatic nitrogens is 1. The molecule has 0 saturated carbocycles. The summed E-state index contributed by atoms with van der Waals surface area (Å²) in [5.74, 6) is 0.489. The van der Waals surface area contributed by atoms with E-state index in [1.165, 1.54) is 37.0 Å². The number of thiazole rings is 1. The number of hydrogen-bond acceptors (Lipinski definition) is 10. The molecule has 1 aromatic heterocycles. The van der Waals surface area contributed by atoms with Gasteiger partial charge in [-0.05, 0) is 55.3 Å². The van der Waals surface area contributed by atoms with E-state index in [1.807, 2.05) is 6.07 Å². The first-order valence-electron chi connectivity index (χ1n) is 12.0. The lowest BCUT2D eigenvalue weighted by molar-refractivity contribution is -0.139. The molecule has 1 aliphatic rings. The summed E-state index contributed by atoms with van der Waals surface area (Å²) in [6.45, 7) is 4.85. The molecule has 11 heteroatoms. The molecule has 0 fully saturated rings. The molecule has 0 N–H and O–H groups in total. The Morgan fingerprint density at radius 2 is 1.67 bits per heavy atom. The Balaban J connectivity index is 1.93. The van der Waals surface area contributed by atoms with Crippen molar-refractivity contribution in [2.75, 3.05) is 27.9 Å². The second kappa shape index (κ2) is 11.6. The lowest BCUT2D eigenvalue weighted by Gasteiger charge is -2.25. The summed E-state index contributed by atoms with van der Waals surface area (Å²) in [6, 6.07) is 9.35. The van der Waals surface area contributed by atoms with Crippen molar-refractivity contribution in [3.8, 4) is 23.0 Å². The zero-order valence-corrected chi connectivity index (χ0v) is 23.2. The van der Waals surface area contributed by atoms with Gasteiger partial charge in [0.15, 0.2) is 27.8 Å². The highest BCUT2D eigenvalue weighted by molar-refractivity contribution is 7.07. The second-order valence-electron chi connectivity index (χ2n) is 8.42. The number of carbonyl (C=O) groups is 2. The lowest BCUT2D eigenvalue weighted by atomic mass is 9.95. The van der Waals surface area contributed by atoms with Crippen LogP contribution in [0.3, 0.4) is 0 Å². The molecule has 1 aliphatic heterocycles. The number of carbonyl (C=O) groups excluding carboxylic acids is 2. The first kappa shape index (κ1) is 27.6. The van der Waals surface area contributed by atoms with E-state index in [0.717, 1.165) is 5.56 Å². The molecule has 0 bridgehead atoms. The van der Waals surface area contributed by atoms with Crippen LogP contribution >= 0.6 is 11.3 Å². The fourth-order valence-electron chi connectivity index (χ4n) is 4.29. The third-order valence-electron chi connectivity index (χ3n) is 5.98. The third kappa shape index (κ3) is 5.44. The van der Waals surface area contributed by atoms with Gasteiger partial charge in [-0.1, -0.05) is 23.5 Å². The highest BCUT2D eigenvalue weighted by atomic mass is 32.1. The monoisotopic (exact) mass is 552 g/mol. The number of esters is 2. The van der Waals surface area contributed by atoms with Gasteiger partial charge in [-0.2, -0.15) is 0 Å². The molecular formula is C28H28N2O8S. The number of rotatable bonds is 8. The van der Waals surface area contributed by atoms with Crippen molar-refractivity contribution in [3.05, 3.63) is 78.5 Å². The first-order valence-corrected chi connectivity index (χ1v) is 12.8. The minimum Gasteiger partial charge on any atom is -0.493 e. The van der Waals surface area contributed by atoms with Crippen molar-refractivity contribution in [2.45, 2.75) is 26.8 Å². The molecule has 10 nitrogen and oxygen atoms in total. The van der Waals surface area contributed by atoms with Crippen molar-refractivity contribution in [3.63, 3.8) is 0 Å². The molecule has 39 heavy (non-hydrogen) atoms. The summed E-state index contributed by atoms with van der Waals surface area (Å²) in [4.78, 5) is 43.5. The van der Waals surface area contributed by atoms with Crippen LogP contribution in [0.2, 0.25) is 0 Å². The fraction of sp³-hybridized carbons (Fsp3) is 0.286. The number of benzene rings is 2. The molecule has 0 saturated heterocycles. The van der Waals surface area contributed by atoms with E-state index in [1.54, 1.807) is 57.4 Å². The summed E-state index contributed by atoms with van der Waals surface area (Å²) in [5.41, 5.74) is 1.60. The molecule has 2 heterocycles. The minimum absolute atomic E-state index is 0.154. The average Bonchev–Trinajstić information content (AvgIpc) is 3.21. The molecule has 3 aromatic rings. The zero-order valence-electron chi connectivity index (χ0n) is 22.4. The van der Waals surface area contributed by atoms with Crippen molar-refractivity contribution in [1.82, 2.24) is 4.57 Å². The van der Waals surface area contributed by atoms with Gasteiger partial charge in [0.05, 0.1) is 49.8 Å². The van der Waals surface area contributed by atoms with Crippen LogP contribution in [0.15, 0.2) is 57.5 Å². The van der Waals surface area contributed by atoms with Gasteiger partial charge >= 0.3 is 11.9 Å². The molecular weight excluding hydrogens is 524 g/mol. The Labute approximate surface area is 228 Å². The number of nitrogens with zero attached hydrogens (tertiary/aromatic N) is 2. The molecule has 0 aliphatic carbocycles. The maximum Gasteiger partial charge on any atom is 0.338 e. The first-order chi connectivity index (χ1) is 18.7. The van der Waals surface area contributed by atoms with Gasteiger partial charge in [0, 0.05) is 6.92 Å². The normalized spacial score (nSPS) is 14.8. The highest BCUT2D eigenvalue weighted by Gasteiger charge is 2.34. The molecule has 4 rings (SSSR count). The van der Waals surface area contributed by atoms with Crippen molar-refractivity contribution in [1.29, 1.82) is 0 Å². The topological polar surface area (TPSA) is 115 Å². The number of fused-ring (bicyclic) bond motifs is 1. The molecule has 0 spiro atoms. The number of ether oxygens (including phenoxy) is 5. The van der Waals surface area contributed by atoms with Crippen LogP contribution in [0.5, 0.6) is 23.0 Å². The van der Waals surface area contributed by atoms with Gasteiger partial charge in [0.1, 0.15) is 0 Å². The van der Waals surface area contributed by atoms with Crippen LogP contribution in [-0.2, 0) is 14.3 Å². The minimum atomic E-state index is -0.854. The maximum absolute atomic E-state index is 13.8. The van der Waals surface area contributed by atoms with Gasteiger partial charge in [0.25, 0.3) is 5.56 Å². The smallest absolute Gasteiger partial charge is 0.338 e. The highest BCUT2D eigenvalue weighted by Crippen LogP contribution is 2.36. The molecule has 0 amide bonds. The predicted molar refractivity (Wildman–Crippen MR) is 144 cm³/mol. The molecule has 2 aromatic carbocycles. The van der Waals surface area contributed by atoms with Crippen LogP contribution in [0.25, 0.3) is 6.08 Å². The van der Waals surface area contributed by atoms with Crippen LogP contribution < -0.4 is 33.8 Å². The standard InChI is InChI=1S/C28H28N2O8S/c1-7-37-27(33)24-15(2)29-28-30(25(24)18-9-11-20(38-16(3)31)22(14-18)36-6)26(32)23(39-28)13-17-8-10-19(34-4)21(12-17)35-5/h8-14,25H,7H2,1-6H3/b23-13+/t25-/m0/s1. The molecule has 0 radical (unpaired) electrons. The van der Waals surface area contributed by atoms with E-state index in [9.17, 15) is 14.4 Å². The van der Waals surface area contributed by atoms with Gasteiger partial charge in [-0.25, -0.2) is 9.79 Å². The summed E-state index contributed by atoms with van der Waals surface area (Å²) < 4.78 is 28.6. The Hall–Kier alpha value is -4.38. The molecule has 0 unspecified atom stereocenters. The van der Waals surface area contributed by atoms with Gasteiger partial charge in [0.2, 0.25) is 0 Å². The van der Waals surface area contributed by atoms with Crippen LogP contribution in [-0.4, -0.2) is 44.4 Å². The lowest BCUT2D eigenvalue weighted by Crippen LogP contribution is -2.40. The SMILES string of the molecule is CCOC(=O)C1=C(C)N=c2s/c(=C/c3ccc(OC)c(OC)c3)c(=O)n2[C@H]1c1ccc(OC(C)=O)c(OC)c1. The summed E-state index contributed by atoms with van der Waals surface area (Å²) in [7, 11) is 4.52. The largest absolute Gasteiger partial charge is 0.493 e. The van der Waals surface area contributed by atoms with E-state index in [0.29, 0.717) is 32.1 Å². The molecule has 1 atom stereocenters. The Morgan fingerprint density at radius 1 is 1.00 bits per heavy atom. The van der Waals surface area contributed by atoms with E-state index in [2.05, 4.69) is 4.99 Å². The maximum atomic E-state index is 13.8. The second-order valence-corrected chi connectivity index (χ2v) is 9.43. The predicted octanol–water partition coefficient (Wildman–Crippen LogP) is 2.75. The Bertz CT molecular complexity index is 1650. The van der Waals surface area contributed by atoms with E-state index in [-0.39, 0.29) is 29.2 Å². The third-order valence-corrected chi connectivity index (χ3v) is 6.96. The van der Waals surface area contributed by atoms with Crippen molar-refractivity contribution in [2.24, 2.45) is 4.99 Å². The Morgan fingerprint density at radius 3 is 2.31 bits per heavy atom. The summed E-state index contributed by atoms with van der Waals surface area (Å²) in [6.07, 6.45) is 1.73. The van der Waals surface area contributed by atoms with E-state index in [4.69, 9.17) is 23.7 Å². The van der Waals surface area contributed by atoms with Crippen LogP contribution in [0.1, 0.15) is 37.9 Å². The average molecular weight is 553 g/mol. The quantitative estimate of drug-likeness (QED) is 0.310. The number of hydrogen-bond donors (Lipinski definition) is 0. The van der Waals surface area contributed by atoms with Crippen molar-refractivity contribution < 1.29 is 33.3 Å². The molecule has 204 valence electrons. The van der Waals surface area contributed by atoms with Crippen LogP contribution in [0, 0.1) is 0 Å². The number of methoxy groups -OCH3 is 3. The summed E-state index contributed by atoms with van der Waals surface area (Å²) >= 11 is 1.20. The fourth-order valence-corrected chi connectivity index (χ4v) is 5.34. The van der Waals surface area contributed by atoms with E-state index < -0.39 is 18.0 Å². The zero-order chi connectivity index (χ0) is 28.3. The van der Waals surface area contributed by atoms with Crippen molar-refractivity contribution >= 4 is 29.4 Å². The summed E-state index contributed by atoms with van der Waals surface area (Å²) in [5, 5.41) is 0.